The zero-order valence-corrected chi connectivity index (χ0v) is 20.7. The van der Waals surface area contributed by atoms with Crippen LogP contribution in [0, 0.1) is 5.41 Å². The monoisotopic (exact) mass is 551 g/mol. The van der Waals surface area contributed by atoms with Crippen molar-refractivity contribution in [3.05, 3.63) is 22.7 Å². The van der Waals surface area contributed by atoms with Crippen molar-refractivity contribution in [1.29, 1.82) is 0 Å². The normalized spacial score (nSPS) is 33.5. The van der Waals surface area contributed by atoms with Crippen molar-refractivity contribution >= 4 is 29.3 Å². The van der Waals surface area contributed by atoms with Crippen LogP contribution in [0.25, 0.3) is 0 Å². The SMILES string of the molecule is COP(=O)(O)OP(=O)(OC)OP(=O)(OC)OC1[C@H]2O[C@@H](Cn3ccc(N)nc3=O)[C@H](O)[C@@]12CO. The Bertz CT molecular complexity index is 1110. The summed E-state index contributed by atoms with van der Waals surface area (Å²) in [5, 5.41) is 20.7. The number of aliphatic hydroxyl groups excluding tert-OH is 2. The lowest BCUT2D eigenvalue weighted by Gasteiger charge is -2.26. The predicted molar refractivity (Wildman–Crippen MR) is 110 cm³/mol. The molecule has 0 bridgehead atoms. The minimum atomic E-state index is -5.02. The van der Waals surface area contributed by atoms with E-state index in [0.717, 1.165) is 25.9 Å². The van der Waals surface area contributed by atoms with Crippen LogP contribution in [0.1, 0.15) is 0 Å². The number of nitrogens with two attached hydrogens (primary N) is 1. The highest BCUT2D eigenvalue weighted by molar-refractivity contribution is 7.67. The van der Waals surface area contributed by atoms with Crippen LogP contribution in [0.5, 0.6) is 0 Å². The molecule has 8 atom stereocenters. The van der Waals surface area contributed by atoms with Gasteiger partial charge in [0.05, 0.1) is 30.8 Å². The quantitative estimate of drug-likeness (QED) is 0.242. The number of aliphatic hydroxyl groups is 2. The van der Waals surface area contributed by atoms with E-state index >= 15 is 0 Å². The van der Waals surface area contributed by atoms with Crippen LogP contribution < -0.4 is 11.4 Å². The Hall–Kier alpha value is -1.03. The zero-order valence-electron chi connectivity index (χ0n) is 18.0. The zero-order chi connectivity index (χ0) is 25.5. The first kappa shape index (κ1) is 27.6. The lowest BCUT2D eigenvalue weighted by Crippen LogP contribution is -2.41. The van der Waals surface area contributed by atoms with Crippen molar-refractivity contribution in [3.8, 4) is 0 Å². The van der Waals surface area contributed by atoms with E-state index in [0.29, 0.717) is 0 Å². The first-order valence-electron chi connectivity index (χ1n) is 9.37. The summed E-state index contributed by atoms with van der Waals surface area (Å²) >= 11 is 0. The number of hydrogen-bond donors (Lipinski definition) is 4. The summed E-state index contributed by atoms with van der Waals surface area (Å²) in [4.78, 5) is 24.9. The Labute approximate surface area is 192 Å². The van der Waals surface area contributed by atoms with E-state index in [1.165, 1.54) is 12.3 Å². The van der Waals surface area contributed by atoms with Gasteiger partial charge < -0.3 is 25.6 Å². The molecule has 34 heavy (non-hydrogen) atoms. The minimum Gasteiger partial charge on any atom is -0.395 e. The van der Waals surface area contributed by atoms with Gasteiger partial charge in [-0.15, -0.1) is 0 Å². The van der Waals surface area contributed by atoms with E-state index in [1.54, 1.807) is 0 Å². The van der Waals surface area contributed by atoms with E-state index in [4.69, 9.17) is 15.0 Å². The summed E-state index contributed by atoms with van der Waals surface area (Å²) < 4.78 is 71.2. The second-order valence-corrected chi connectivity index (χ2v) is 12.5. The summed E-state index contributed by atoms with van der Waals surface area (Å²) in [6.45, 7) is -0.848. The standard InChI is InChI=1S/C14H24N3O14P3/c1-25-32(21,22)30-34(24,27-3)31-33(23,26-2)29-12-11-14(12,7-18)10(19)8(28-11)6-17-5-4-9(15)16-13(17)20/h4-5,8,10-12,18-19H,6-7H2,1-3H3,(H,21,22)(H2,15,16,20)/t8-,10-,11+,12?,14+,33?,34?/m0/s1. The van der Waals surface area contributed by atoms with E-state index in [9.17, 15) is 33.6 Å². The van der Waals surface area contributed by atoms with Crippen molar-refractivity contribution in [2.24, 2.45) is 5.41 Å². The van der Waals surface area contributed by atoms with Crippen molar-refractivity contribution in [3.63, 3.8) is 0 Å². The fourth-order valence-corrected chi connectivity index (χ4v) is 7.74. The largest absolute Gasteiger partial charge is 0.492 e. The predicted octanol–water partition coefficient (Wildman–Crippen LogP) is -0.380. The molecule has 3 rings (SSSR count). The molecule has 17 nitrogen and oxygen atoms in total. The van der Waals surface area contributed by atoms with Crippen LogP contribution >= 0.6 is 23.5 Å². The van der Waals surface area contributed by atoms with Crippen molar-refractivity contribution in [1.82, 2.24) is 9.55 Å². The summed E-state index contributed by atoms with van der Waals surface area (Å²) in [6.07, 6.45) is -3.38. The second-order valence-electron chi connectivity index (χ2n) is 7.20. The number of hydrogen-bond acceptors (Lipinski definition) is 15. The molecule has 0 amide bonds. The van der Waals surface area contributed by atoms with Gasteiger partial charge in [-0.25, -0.2) is 18.5 Å². The third kappa shape index (κ3) is 5.22. The third-order valence-electron chi connectivity index (χ3n) is 5.32. The van der Waals surface area contributed by atoms with Crippen LogP contribution in [-0.4, -0.2) is 77.0 Å². The number of nitrogen functional groups attached to an aromatic ring is 1. The van der Waals surface area contributed by atoms with Gasteiger partial charge in [-0.05, 0) is 6.07 Å². The molecule has 2 fully saturated rings. The van der Waals surface area contributed by atoms with Gasteiger partial charge in [-0.1, -0.05) is 0 Å². The molecule has 0 aromatic carbocycles. The molecule has 1 aliphatic heterocycles. The third-order valence-corrected chi connectivity index (χ3v) is 10.4. The van der Waals surface area contributed by atoms with Crippen molar-refractivity contribution in [2.45, 2.75) is 31.0 Å². The Balaban J connectivity index is 1.74. The molecule has 1 saturated carbocycles. The van der Waals surface area contributed by atoms with Crippen LogP contribution in [-0.2, 0) is 51.7 Å². The number of ether oxygens (including phenoxy) is 1. The lowest BCUT2D eigenvalue weighted by molar-refractivity contribution is -0.0538. The molecule has 5 N–H and O–H groups in total. The van der Waals surface area contributed by atoms with Gasteiger partial charge in [0.25, 0.3) is 0 Å². The fourth-order valence-electron chi connectivity index (χ4n) is 3.47. The van der Waals surface area contributed by atoms with Gasteiger partial charge in [-0.3, -0.25) is 22.7 Å². The van der Waals surface area contributed by atoms with Gasteiger partial charge in [0, 0.05) is 27.5 Å². The van der Waals surface area contributed by atoms with Crippen LogP contribution in [0.2, 0.25) is 0 Å². The van der Waals surface area contributed by atoms with Crippen molar-refractivity contribution in [2.75, 3.05) is 33.7 Å². The number of phosphoric acid groups is 3. The van der Waals surface area contributed by atoms with E-state index in [-0.39, 0.29) is 12.4 Å². The first-order valence-corrected chi connectivity index (χ1v) is 13.8. The molecule has 4 unspecified atom stereocenters. The molecule has 0 radical (unpaired) electrons. The first-order chi connectivity index (χ1) is 15.8. The van der Waals surface area contributed by atoms with Gasteiger partial charge in [0.15, 0.2) is 0 Å². The summed E-state index contributed by atoms with van der Waals surface area (Å²) in [5.74, 6) is 0.00738. The molecule has 1 aromatic rings. The average molecular weight is 551 g/mol. The molecule has 2 heterocycles. The second kappa shape index (κ2) is 9.79. The number of aromatic nitrogens is 2. The Morgan fingerprint density at radius 3 is 2.32 bits per heavy atom. The maximum Gasteiger partial charge on any atom is 0.492 e. The van der Waals surface area contributed by atoms with Gasteiger partial charge in [-0.2, -0.15) is 13.6 Å². The number of nitrogens with zero attached hydrogens (tertiary/aromatic N) is 2. The molecule has 1 aromatic heterocycles. The Kier molecular flexibility index (Phi) is 7.93. The van der Waals surface area contributed by atoms with Crippen LogP contribution in [0.15, 0.2) is 17.1 Å². The highest BCUT2D eigenvalue weighted by atomic mass is 31.3. The highest BCUT2D eigenvalue weighted by Crippen LogP contribution is 2.74. The number of phosphoric ester groups is 2. The molecular formula is C14H24N3O14P3. The minimum absolute atomic E-state index is 0.00738. The smallest absolute Gasteiger partial charge is 0.395 e. The number of anilines is 1. The molecule has 1 aliphatic carbocycles. The van der Waals surface area contributed by atoms with E-state index in [2.05, 4.69) is 27.2 Å². The van der Waals surface area contributed by atoms with Gasteiger partial charge in [0.1, 0.15) is 18.0 Å². The lowest BCUT2D eigenvalue weighted by atomic mass is 9.96. The molecule has 0 spiro atoms. The number of fused-ring (bicyclic) bond motifs is 1. The summed E-state index contributed by atoms with van der Waals surface area (Å²) in [7, 11) is -12.4. The maximum absolute atomic E-state index is 12.9. The molecule has 194 valence electrons. The summed E-state index contributed by atoms with van der Waals surface area (Å²) in [6, 6.07) is 1.37. The molecular weight excluding hydrogens is 527 g/mol. The molecule has 1 saturated heterocycles. The van der Waals surface area contributed by atoms with Gasteiger partial charge >= 0.3 is 29.2 Å². The van der Waals surface area contributed by atoms with Crippen LogP contribution in [0.3, 0.4) is 0 Å². The molecule has 2 aliphatic rings. The fraction of sp³-hybridized carbons (Fsp3) is 0.714. The highest BCUT2D eigenvalue weighted by Gasteiger charge is 2.78. The summed E-state index contributed by atoms with van der Waals surface area (Å²) in [5.41, 5.74) is 3.26. The Morgan fingerprint density at radius 1 is 1.18 bits per heavy atom. The van der Waals surface area contributed by atoms with Crippen LogP contribution in [0.4, 0.5) is 5.82 Å². The average Bonchev–Trinajstić information content (AvgIpc) is 3.27. The van der Waals surface area contributed by atoms with E-state index < -0.39 is 65.6 Å². The van der Waals surface area contributed by atoms with Gasteiger partial charge in [0.2, 0.25) is 0 Å². The topological polar surface area (TPSA) is 237 Å². The number of rotatable bonds is 12. The maximum atomic E-state index is 12.9. The van der Waals surface area contributed by atoms with Crippen molar-refractivity contribution < 1.29 is 60.3 Å². The Morgan fingerprint density at radius 2 is 1.82 bits per heavy atom. The molecule has 20 heteroatoms. The van der Waals surface area contributed by atoms with E-state index in [1.807, 2.05) is 0 Å².